The lowest BCUT2D eigenvalue weighted by molar-refractivity contribution is -0.121. The van der Waals surface area contributed by atoms with Gasteiger partial charge in [-0.3, -0.25) is 9.69 Å². The first kappa shape index (κ1) is 22.5. The van der Waals surface area contributed by atoms with Gasteiger partial charge in [0.05, 0.1) is 18.2 Å². The SMILES string of the molecule is CCC(=O)N(c1ccccc1)[C@@]1(COC)CCN(CC(O)c2ccccc2)C[C@H]1C. The Balaban J connectivity index is 1.82. The van der Waals surface area contributed by atoms with Crippen LogP contribution in [0.1, 0.15) is 38.4 Å². The number of hydrogen-bond acceptors (Lipinski definition) is 4. The van der Waals surface area contributed by atoms with Crippen LogP contribution >= 0.6 is 0 Å². The molecule has 1 saturated heterocycles. The number of benzene rings is 2. The molecule has 1 heterocycles. The van der Waals surface area contributed by atoms with Gasteiger partial charge in [-0.2, -0.15) is 0 Å². The third-order valence-electron chi connectivity index (χ3n) is 6.33. The van der Waals surface area contributed by atoms with Gasteiger partial charge >= 0.3 is 0 Å². The summed E-state index contributed by atoms with van der Waals surface area (Å²) in [7, 11) is 1.71. The summed E-state index contributed by atoms with van der Waals surface area (Å²) in [5.74, 6) is 0.299. The second-order valence-corrected chi connectivity index (χ2v) is 8.29. The van der Waals surface area contributed by atoms with Crippen molar-refractivity contribution in [2.45, 2.75) is 38.3 Å². The van der Waals surface area contributed by atoms with Crippen LogP contribution in [0.2, 0.25) is 0 Å². The van der Waals surface area contributed by atoms with Crippen LogP contribution < -0.4 is 4.90 Å². The smallest absolute Gasteiger partial charge is 0.227 e. The van der Waals surface area contributed by atoms with Crippen molar-refractivity contribution in [1.29, 1.82) is 0 Å². The van der Waals surface area contributed by atoms with Crippen molar-refractivity contribution in [3.63, 3.8) is 0 Å². The van der Waals surface area contributed by atoms with Gasteiger partial charge in [0.2, 0.25) is 5.91 Å². The first-order valence-electron chi connectivity index (χ1n) is 10.8. The highest BCUT2D eigenvalue weighted by Gasteiger charge is 2.47. The number of para-hydroxylation sites is 1. The molecule has 3 atom stereocenters. The number of carbonyl (C=O) groups excluding carboxylic acids is 1. The van der Waals surface area contributed by atoms with E-state index in [1.54, 1.807) is 7.11 Å². The van der Waals surface area contributed by atoms with Crippen LogP contribution in [0, 0.1) is 5.92 Å². The van der Waals surface area contributed by atoms with Crippen molar-refractivity contribution in [1.82, 2.24) is 4.90 Å². The summed E-state index contributed by atoms with van der Waals surface area (Å²) in [6.07, 6.45) is 0.726. The van der Waals surface area contributed by atoms with E-state index in [4.69, 9.17) is 4.74 Å². The second-order valence-electron chi connectivity index (χ2n) is 8.29. The highest BCUT2D eigenvalue weighted by atomic mass is 16.5. The molecule has 1 amide bonds. The van der Waals surface area contributed by atoms with Crippen LogP contribution in [-0.4, -0.2) is 54.8 Å². The van der Waals surface area contributed by atoms with Gasteiger partial charge < -0.3 is 14.7 Å². The van der Waals surface area contributed by atoms with Crippen LogP contribution in [0.4, 0.5) is 5.69 Å². The fraction of sp³-hybridized carbons (Fsp3) is 0.480. The number of carbonyl (C=O) groups is 1. The predicted molar refractivity (Wildman–Crippen MR) is 120 cm³/mol. The molecule has 5 heteroatoms. The number of methoxy groups -OCH3 is 1. The van der Waals surface area contributed by atoms with E-state index in [1.165, 1.54) is 0 Å². The average molecular weight is 411 g/mol. The maximum atomic E-state index is 13.1. The van der Waals surface area contributed by atoms with Crippen molar-refractivity contribution in [2.75, 3.05) is 38.3 Å². The monoisotopic (exact) mass is 410 g/mol. The van der Waals surface area contributed by atoms with Gasteiger partial charge in [0.25, 0.3) is 0 Å². The van der Waals surface area contributed by atoms with Crippen molar-refractivity contribution >= 4 is 11.6 Å². The van der Waals surface area contributed by atoms with E-state index < -0.39 is 11.6 Å². The molecule has 162 valence electrons. The second kappa shape index (κ2) is 10.2. The van der Waals surface area contributed by atoms with E-state index in [0.29, 0.717) is 19.6 Å². The molecular formula is C25H34N2O3. The number of piperidine rings is 1. The van der Waals surface area contributed by atoms with Gasteiger partial charge in [0, 0.05) is 38.9 Å². The van der Waals surface area contributed by atoms with Gasteiger partial charge in [-0.25, -0.2) is 0 Å². The summed E-state index contributed by atoms with van der Waals surface area (Å²) in [5, 5.41) is 10.7. The summed E-state index contributed by atoms with van der Waals surface area (Å²) in [6.45, 7) is 6.79. The molecule has 2 aromatic carbocycles. The van der Waals surface area contributed by atoms with E-state index in [2.05, 4.69) is 11.8 Å². The molecular weight excluding hydrogens is 376 g/mol. The fourth-order valence-corrected chi connectivity index (χ4v) is 4.68. The Hall–Kier alpha value is -2.21. The summed E-state index contributed by atoms with van der Waals surface area (Å²) < 4.78 is 5.68. The number of aliphatic hydroxyl groups excluding tert-OH is 1. The number of β-amino-alcohol motifs (C(OH)–C–C–N with tert-alkyl or cyclic N) is 1. The summed E-state index contributed by atoms with van der Waals surface area (Å²) in [5.41, 5.74) is 1.45. The topological polar surface area (TPSA) is 53.0 Å². The lowest BCUT2D eigenvalue weighted by atomic mass is 9.77. The zero-order valence-electron chi connectivity index (χ0n) is 18.3. The first-order valence-corrected chi connectivity index (χ1v) is 10.8. The lowest BCUT2D eigenvalue weighted by Crippen LogP contribution is -2.65. The summed E-state index contributed by atoms with van der Waals surface area (Å²) in [4.78, 5) is 17.4. The summed E-state index contributed by atoms with van der Waals surface area (Å²) in [6, 6.07) is 19.7. The highest BCUT2D eigenvalue weighted by Crippen LogP contribution is 2.38. The molecule has 3 rings (SSSR count). The number of hydrogen-bond donors (Lipinski definition) is 1. The Morgan fingerprint density at radius 3 is 2.40 bits per heavy atom. The average Bonchev–Trinajstić information content (AvgIpc) is 2.77. The zero-order valence-corrected chi connectivity index (χ0v) is 18.3. The molecule has 0 bridgehead atoms. The number of likely N-dealkylation sites (tertiary alicyclic amines) is 1. The van der Waals surface area contributed by atoms with Crippen LogP contribution in [0.25, 0.3) is 0 Å². The van der Waals surface area contributed by atoms with Gasteiger partial charge in [-0.05, 0) is 30.0 Å². The van der Waals surface area contributed by atoms with Gasteiger partial charge in [-0.15, -0.1) is 0 Å². The minimum Gasteiger partial charge on any atom is -0.387 e. The van der Waals surface area contributed by atoms with Crippen molar-refractivity contribution < 1.29 is 14.6 Å². The van der Waals surface area contributed by atoms with Gasteiger partial charge in [-0.1, -0.05) is 62.4 Å². The molecule has 0 saturated carbocycles. The minimum absolute atomic E-state index is 0.114. The molecule has 30 heavy (non-hydrogen) atoms. The zero-order chi connectivity index (χ0) is 21.6. The maximum Gasteiger partial charge on any atom is 0.227 e. The number of amides is 1. The van der Waals surface area contributed by atoms with Gasteiger partial charge in [0.15, 0.2) is 0 Å². The van der Waals surface area contributed by atoms with Crippen molar-refractivity contribution in [3.8, 4) is 0 Å². The molecule has 1 unspecified atom stereocenters. The Morgan fingerprint density at radius 1 is 1.20 bits per heavy atom. The Bertz CT molecular complexity index is 799. The molecule has 2 aromatic rings. The number of ether oxygens (including phenoxy) is 1. The van der Waals surface area contributed by atoms with Crippen molar-refractivity contribution in [2.24, 2.45) is 5.92 Å². The molecule has 0 radical (unpaired) electrons. The molecule has 1 fully saturated rings. The number of rotatable bonds is 8. The predicted octanol–water partition coefficient (Wildman–Crippen LogP) is 3.89. The van der Waals surface area contributed by atoms with E-state index >= 15 is 0 Å². The lowest BCUT2D eigenvalue weighted by Gasteiger charge is -2.52. The Labute approximate surface area is 180 Å². The third kappa shape index (κ3) is 4.75. The molecule has 1 aliphatic rings. The third-order valence-corrected chi connectivity index (χ3v) is 6.33. The fourth-order valence-electron chi connectivity index (χ4n) is 4.68. The van der Waals surface area contributed by atoms with E-state index in [0.717, 1.165) is 30.8 Å². The molecule has 1 aliphatic heterocycles. The first-order chi connectivity index (χ1) is 14.5. The number of nitrogens with zero attached hydrogens (tertiary/aromatic N) is 2. The standard InChI is InChI=1S/C25H34N2O3/c1-4-24(29)27(22-13-9-6-10-14-22)25(19-30-3)15-16-26(17-20(25)2)18-23(28)21-11-7-5-8-12-21/h5-14,20,23,28H,4,15-19H2,1-3H3/t20-,23?,25-/m1/s1. The van der Waals surface area contributed by atoms with Crippen LogP contribution in [0.5, 0.6) is 0 Å². The normalized spacial score (nSPS) is 23.1. The van der Waals surface area contributed by atoms with Crippen LogP contribution in [-0.2, 0) is 9.53 Å². The summed E-state index contributed by atoms with van der Waals surface area (Å²) >= 11 is 0. The van der Waals surface area contributed by atoms with E-state index in [9.17, 15) is 9.90 Å². The molecule has 0 spiro atoms. The number of anilines is 1. The van der Waals surface area contributed by atoms with Gasteiger partial charge in [0.1, 0.15) is 0 Å². The Kier molecular flexibility index (Phi) is 7.64. The molecule has 1 N–H and O–H groups in total. The van der Waals surface area contributed by atoms with Crippen LogP contribution in [0.3, 0.4) is 0 Å². The highest BCUT2D eigenvalue weighted by molar-refractivity contribution is 5.94. The molecule has 0 aliphatic carbocycles. The van der Waals surface area contributed by atoms with Crippen LogP contribution in [0.15, 0.2) is 60.7 Å². The molecule has 0 aromatic heterocycles. The van der Waals surface area contributed by atoms with E-state index in [1.807, 2.05) is 72.5 Å². The maximum absolute atomic E-state index is 13.1. The largest absolute Gasteiger partial charge is 0.387 e. The quantitative estimate of drug-likeness (QED) is 0.717. The number of aliphatic hydroxyl groups is 1. The molecule has 5 nitrogen and oxygen atoms in total. The van der Waals surface area contributed by atoms with E-state index in [-0.39, 0.29) is 11.8 Å². The minimum atomic E-state index is -0.518. The van der Waals surface area contributed by atoms with Crippen molar-refractivity contribution in [3.05, 3.63) is 66.2 Å². The Morgan fingerprint density at radius 2 is 1.83 bits per heavy atom.